The third kappa shape index (κ3) is 3.74. The van der Waals surface area contributed by atoms with E-state index in [-0.39, 0.29) is 0 Å². The summed E-state index contributed by atoms with van der Waals surface area (Å²) in [4.78, 5) is 2.56. The molecule has 0 spiro atoms. The quantitative estimate of drug-likeness (QED) is 0.820. The zero-order valence-corrected chi connectivity index (χ0v) is 13.7. The van der Waals surface area contributed by atoms with Gasteiger partial charge in [-0.05, 0) is 39.3 Å². The van der Waals surface area contributed by atoms with Crippen LogP contribution in [0.1, 0.15) is 44.0 Å². The molecule has 1 aromatic rings. The second-order valence-electron chi connectivity index (χ2n) is 5.79. The molecule has 0 aliphatic carbocycles. The summed E-state index contributed by atoms with van der Waals surface area (Å²) in [7, 11) is 1.99. The fourth-order valence-electron chi connectivity index (χ4n) is 2.99. The maximum atomic E-state index is 6.38. The van der Waals surface area contributed by atoms with Gasteiger partial charge in [-0.15, -0.1) is 0 Å². The summed E-state index contributed by atoms with van der Waals surface area (Å²) >= 11 is 6.38. The van der Waals surface area contributed by atoms with Gasteiger partial charge in [-0.3, -0.25) is 9.58 Å². The third-order valence-corrected chi connectivity index (χ3v) is 4.66. The Morgan fingerprint density at radius 3 is 2.85 bits per heavy atom. The van der Waals surface area contributed by atoms with E-state index < -0.39 is 0 Å². The van der Waals surface area contributed by atoms with E-state index in [0.717, 1.165) is 36.0 Å². The predicted octanol–water partition coefficient (Wildman–Crippen LogP) is 2.74. The Balaban J connectivity index is 2.00. The molecule has 114 valence electrons. The van der Waals surface area contributed by atoms with Gasteiger partial charge < -0.3 is 5.32 Å². The summed E-state index contributed by atoms with van der Waals surface area (Å²) in [5, 5.41) is 8.81. The SMILES string of the molecule is CCCNCC1CCCCN1Cc1c(Cl)c(C)nn1C. The van der Waals surface area contributed by atoms with E-state index in [9.17, 15) is 0 Å². The highest BCUT2D eigenvalue weighted by Crippen LogP contribution is 2.24. The minimum atomic E-state index is 0.626. The fraction of sp³-hybridized carbons (Fsp3) is 0.800. The van der Waals surface area contributed by atoms with Crippen LogP contribution in [0.4, 0.5) is 0 Å². The van der Waals surface area contributed by atoms with Crippen LogP contribution in [0.25, 0.3) is 0 Å². The molecule has 1 unspecified atom stereocenters. The number of nitrogens with zero attached hydrogens (tertiary/aromatic N) is 3. The molecule has 2 heterocycles. The summed E-state index contributed by atoms with van der Waals surface area (Å²) in [6.07, 6.45) is 5.11. The van der Waals surface area contributed by atoms with Gasteiger partial charge in [-0.25, -0.2) is 0 Å². The molecule has 1 aliphatic rings. The number of nitrogens with one attached hydrogen (secondary N) is 1. The monoisotopic (exact) mass is 298 g/mol. The zero-order valence-electron chi connectivity index (χ0n) is 13.0. The van der Waals surface area contributed by atoms with Gasteiger partial charge in [-0.1, -0.05) is 24.9 Å². The van der Waals surface area contributed by atoms with E-state index in [0.29, 0.717) is 6.04 Å². The van der Waals surface area contributed by atoms with Gasteiger partial charge in [0.25, 0.3) is 0 Å². The zero-order chi connectivity index (χ0) is 14.5. The second-order valence-corrected chi connectivity index (χ2v) is 6.17. The van der Waals surface area contributed by atoms with E-state index in [1.165, 1.54) is 32.2 Å². The molecule has 1 aromatic heterocycles. The lowest BCUT2D eigenvalue weighted by Gasteiger charge is -2.36. The third-order valence-electron chi connectivity index (χ3n) is 4.17. The first-order valence-electron chi connectivity index (χ1n) is 7.76. The number of halogens is 1. The Bertz CT molecular complexity index is 430. The maximum Gasteiger partial charge on any atom is 0.0860 e. The Kier molecular flexibility index (Phi) is 5.87. The van der Waals surface area contributed by atoms with E-state index >= 15 is 0 Å². The maximum absolute atomic E-state index is 6.38. The van der Waals surface area contributed by atoms with Crippen LogP contribution >= 0.6 is 11.6 Å². The summed E-state index contributed by atoms with van der Waals surface area (Å²) in [6.45, 7) is 8.46. The molecule has 1 saturated heterocycles. The summed E-state index contributed by atoms with van der Waals surface area (Å²) in [5.74, 6) is 0. The number of hydrogen-bond acceptors (Lipinski definition) is 3. The molecule has 0 aromatic carbocycles. The van der Waals surface area contributed by atoms with Crippen molar-refractivity contribution < 1.29 is 0 Å². The number of aryl methyl sites for hydroxylation is 2. The smallest absolute Gasteiger partial charge is 0.0860 e. The summed E-state index contributed by atoms with van der Waals surface area (Å²) in [6, 6.07) is 0.626. The van der Waals surface area contributed by atoms with Gasteiger partial charge in [0.15, 0.2) is 0 Å². The van der Waals surface area contributed by atoms with Crippen LogP contribution in [-0.4, -0.2) is 40.4 Å². The van der Waals surface area contributed by atoms with Crippen LogP contribution in [0.3, 0.4) is 0 Å². The van der Waals surface area contributed by atoms with Crippen molar-refractivity contribution in [2.24, 2.45) is 7.05 Å². The molecule has 1 fully saturated rings. The lowest BCUT2D eigenvalue weighted by molar-refractivity contribution is 0.134. The molecule has 0 amide bonds. The summed E-state index contributed by atoms with van der Waals surface area (Å²) in [5.41, 5.74) is 2.08. The highest BCUT2D eigenvalue weighted by molar-refractivity contribution is 6.31. The Hall–Kier alpha value is -0.580. The first-order chi connectivity index (χ1) is 9.63. The molecule has 0 radical (unpaired) electrons. The lowest BCUT2D eigenvalue weighted by Crippen LogP contribution is -2.45. The first kappa shape index (κ1) is 15.8. The molecular formula is C15H27ClN4. The minimum Gasteiger partial charge on any atom is -0.315 e. The van der Waals surface area contributed by atoms with Gasteiger partial charge >= 0.3 is 0 Å². The standard InChI is InChI=1S/C15H27ClN4/c1-4-8-17-10-13-7-5-6-9-20(13)11-14-15(16)12(2)18-19(14)3/h13,17H,4-11H2,1-3H3. The van der Waals surface area contributed by atoms with Crippen molar-refractivity contribution in [2.45, 2.75) is 52.1 Å². The minimum absolute atomic E-state index is 0.626. The second kappa shape index (κ2) is 7.43. The van der Waals surface area contributed by atoms with Crippen molar-refractivity contribution in [3.63, 3.8) is 0 Å². The van der Waals surface area contributed by atoms with Gasteiger partial charge in [0.1, 0.15) is 0 Å². The van der Waals surface area contributed by atoms with Gasteiger partial charge in [-0.2, -0.15) is 5.10 Å². The van der Waals surface area contributed by atoms with E-state index in [4.69, 9.17) is 11.6 Å². The number of rotatable bonds is 6. The van der Waals surface area contributed by atoms with E-state index in [2.05, 4.69) is 22.2 Å². The molecule has 0 bridgehead atoms. The molecule has 4 nitrogen and oxygen atoms in total. The average molecular weight is 299 g/mol. The van der Waals surface area contributed by atoms with E-state index in [1.54, 1.807) is 0 Å². The lowest BCUT2D eigenvalue weighted by atomic mass is 10.0. The van der Waals surface area contributed by atoms with Crippen molar-refractivity contribution in [3.8, 4) is 0 Å². The number of likely N-dealkylation sites (tertiary alicyclic amines) is 1. The molecular weight excluding hydrogens is 272 g/mol. The van der Waals surface area contributed by atoms with Gasteiger partial charge in [0, 0.05) is 26.2 Å². The summed E-state index contributed by atoms with van der Waals surface area (Å²) < 4.78 is 1.93. The average Bonchev–Trinajstić information content (AvgIpc) is 2.67. The van der Waals surface area contributed by atoms with Gasteiger partial charge in [0.05, 0.1) is 16.4 Å². The van der Waals surface area contributed by atoms with Crippen LogP contribution in [0, 0.1) is 6.92 Å². The number of hydrogen-bond donors (Lipinski definition) is 1. The molecule has 2 rings (SSSR count). The fourth-order valence-corrected chi connectivity index (χ4v) is 3.21. The molecule has 20 heavy (non-hydrogen) atoms. The molecule has 1 aliphatic heterocycles. The van der Waals surface area contributed by atoms with Crippen LogP contribution in [0.15, 0.2) is 0 Å². The topological polar surface area (TPSA) is 33.1 Å². The van der Waals surface area contributed by atoms with Crippen molar-refractivity contribution in [3.05, 3.63) is 16.4 Å². The first-order valence-corrected chi connectivity index (χ1v) is 8.14. The largest absolute Gasteiger partial charge is 0.315 e. The Morgan fingerprint density at radius 2 is 2.20 bits per heavy atom. The molecule has 5 heteroatoms. The number of aromatic nitrogens is 2. The van der Waals surface area contributed by atoms with Crippen molar-refractivity contribution in [1.29, 1.82) is 0 Å². The normalized spacial score (nSPS) is 20.5. The predicted molar refractivity (Wildman–Crippen MR) is 84.2 cm³/mol. The molecule has 0 saturated carbocycles. The van der Waals surface area contributed by atoms with Crippen molar-refractivity contribution in [1.82, 2.24) is 20.0 Å². The molecule has 1 N–H and O–H groups in total. The van der Waals surface area contributed by atoms with Gasteiger partial charge in [0.2, 0.25) is 0 Å². The highest BCUT2D eigenvalue weighted by Gasteiger charge is 2.24. The van der Waals surface area contributed by atoms with Crippen LogP contribution in [0.5, 0.6) is 0 Å². The van der Waals surface area contributed by atoms with Crippen LogP contribution in [0.2, 0.25) is 5.02 Å². The Morgan fingerprint density at radius 1 is 1.40 bits per heavy atom. The number of piperidine rings is 1. The van der Waals surface area contributed by atoms with Crippen LogP contribution < -0.4 is 5.32 Å². The van der Waals surface area contributed by atoms with Crippen LogP contribution in [-0.2, 0) is 13.6 Å². The van der Waals surface area contributed by atoms with E-state index in [1.807, 2.05) is 18.7 Å². The van der Waals surface area contributed by atoms with Crippen molar-refractivity contribution >= 4 is 11.6 Å². The molecule has 1 atom stereocenters. The Labute approximate surface area is 127 Å². The highest BCUT2D eigenvalue weighted by atomic mass is 35.5. The van der Waals surface area contributed by atoms with Crippen molar-refractivity contribution in [2.75, 3.05) is 19.6 Å².